The van der Waals surface area contributed by atoms with Crippen LogP contribution >= 0.6 is 0 Å². The summed E-state index contributed by atoms with van der Waals surface area (Å²) in [5.74, 6) is -1.31. The molecule has 2 aromatic rings. The van der Waals surface area contributed by atoms with Crippen LogP contribution in [0.15, 0.2) is 60.2 Å². The molecular weight excluding hydrogens is 352 g/mol. The highest BCUT2D eigenvalue weighted by Gasteiger charge is 2.45. The van der Waals surface area contributed by atoms with Gasteiger partial charge in [0.25, 0.3) is 11.7 Å². The van der Waals surface area contributed by atoms with Crippen molar-refractivity contribution in [1.82, 2.24) is 9.80 Å². The summed E-state index contributed by atoms with van der Waals surface area (Å²) in [6, 6.07) is 16.1. The molecule has 0 unspecified atom stereocenters. The number of carbonyl (C=O) groups excluding carboxylic acids is 2. The normalized spacial score (nSPS) is 18.9. The lowest BCUT2D eigenvalue weighted by atomic mass is 9.95. The SMILES string of the molecule is Cc1ccc(C(O)=C2C(=O)C(=O)N(CCCN(C)C)[C@@H]2c2ccccc2)cc1. The van der Waals surface area contributed by atoms with Gasteiger partial charge >= 0.3 is 0 Å². The first kappa shape index (κ1) is 19.8. The summed E-state index contributed by atoms with van der Waals surface area (Å²) in [4.78, 5) is 29.3. The lowest BCUT2D eigenvalue weighted by Gasteiger charge is -2.26. The number of rotatable bonds is 6. The Morgan fingerprint density at radius 3 is 2.29 bits per heavy atom. The lowest BCUT2D eigenvalue weighted by Crippen LogP contribution is -2.32. The molecule has 0 aromatic heterocycles. The number of hydrogen-bond donors (Lipinski definition) is 1. The van der Waals surface area contributed by atoms with Gasteiger partial charge in [-0.1, -0.05) is 60.2 Å². The molecule has 0 spiro atoms. The van der Waals surface area contributed by atoms with Crippen molar-refractivity contribution >= 4 is 17.4 Å². The summed E-state index contributed by atoms with van der Waals surface area (Å²) >= 11 is 0. The number of likely N-dealkylation sites (tertiary alicyclic amines) is 1. The molecule has 1 atom stereocenters. The number of Topliss-reactive ketones (excluding diaryl/α,β-unsaturated/α-hetero) is 1. The molecule has 1 heterocycles. The van der Waals surface area contributed by atoms with Crippen LogP contribution in [0.2, 0.25) is 0 Å². The van der Waals surface area contributed by atoms with Crippen molar-refractivity contribution in [3.63, 3.8) is 0 Å². The number of nitrogens with zero attached hydrogens (tertiary/aromatic N) is 2. The zero-order valence-electron chi connectivity index (χ0n) is 16.6. The van der Waals surface area contributed by atoms with E-state index in [0.29, 0.717) is 12.1 Å². The van der Waals surface area contributed by atoms with Gasteiger partial charge in [-0.15, -0.1) is 0 Å². The number of benzene rings is 2. The maximum absolute atomic E-state index is 12.9. The Bertz CT molecular complexity index is 886. The van der Waals surface area contributed by atoms with Crippen LogP contribution in [0.25, 0.3) is 5.76 Å². The Hall–Kier alpha value is -2.92. The molecule has 28 heavy (non-hydrogen) atoms. The number of aliphatic hydroxyl groups excluding tert-OH is 1. The molecule has 2 aromatic carbocycles. The van der Waals surface area contributed by atoms with E-state index in [2.05, 4.69) is 0 Å². The van der Waals surface area contributed by atoms with E-state index in [1.165, 1.54) is 0 Å². The summed E-state index contributed by atoms with van der Waals surface area (Å²) in [6.07, 6.45) is 0.744. The Labute approximate surface area is 165 Å². The summed E-state index contributed by atoms with van der Waals surface area (Å²) in [5.41, 5.74) is 2.57. The zero-order chi connectivity index (χ0) is 20.3. The van der Waals surface area contributed by atoms with E-state index in [9.17, 15) is 14.7 Å². The van der Waals surface area contributed by atoms with Crippen molar-refractivity contribution in [3.8, 4) is 0 Å². The van der Waals surface area contributed by atoms with Crippen LogP contribution in [0.3, 0.4) is 0 Å². The van der Waals surface area contributed by atoms with Crippen LogP contribution < -0.4 is 0 Å². The highest BCUT2D eigenvalue weighted by Crippen LogP contribution is 2.39. The second-order valence-corrected chi connectivity index (χ2v) is 7.43. The minimum atomic E-state index is -0.628. The number of carbonyl (C=O) groups is 2. The van der Waals surface area contributed by atoms with Gasteiger partial charge in [-0.3, -0.25) is 9.59 Å². The van der Waals surface area contributed by atoms with E-state index in [4.69, 9.17) is 0 Å². The Kier molecular flexibility index (Phi) is 5.95. The first-order chi connectivity index (χ1) is 13.4. The fraction of sp³-hybridized carbons (Fsp3) is 0.304. The van der Waals surface area contributed by atoms with E-state index >= 15 is 0 Å². The van der Waals surface area contributed by atoms with E-state index in [-0.39, 0.29) is 11.3 Å². The molecular formula is C23H26N2O3. The Balaban J connectivity index is 2.06. The number of aryl methyl sites for hydroxylation is 1. The number of aliphatic hydroxyl groups is 1. The molecule has 0 saturated carbocycles. The van der Waals surface area contributed by atoms with Crippen molar-refractivity contribution in [1.29, 1.82) is 0 Å². The van der Waals surface area contributed by atoms with Crippen molar-refractivity contribution in [2.45, 2.75) is 19.4 Å². The summed E-state index contributed by atoms with van der Waals surface area (Å²) < 4.78 is 0. The number of ketones is 1. The monoisotopic (exact) mass is 378 g/mol. The molecule has 5 nitrogen and oxygen atoms in total. The fourth-order valence-corrected chi connectivity index (χ4v) is 3.52. The maximum atomic E-state index is 12.9. The van der Waals surface area contributed by atoms with Crippen LogP contribution in [-0.4, -0.2) is 53.8 Å². The van der Waals surface area contributed by atoms with Crippen molar-refractivity contribution in [2.24, 2.45) is 0 Å². The van der Waals surface area contributed by atoms with Crippen LogP contribution in [-0.2, 0) is 9.59 Å². The smallest absolute Gasteiger partial charge is 0.295 e. The first-order valence-corrected chi connectivity index (χ1v) is 9.45. The van der Waals surface area contributed by atoms with Crippen molar-refractivity contribution in [2.75, 3.05) is 27.2 Å². The molecule has 1 saturated heterocycles. The first-order valence-electron chi connectivity index (χ1n) is 9.45. The predicted octanol–water partition coefficient (Wildman–Crippen LogP) is 3.37. The molecule has 0 aliphatic carbocycles. The molecule has 1 aliphatic rings. The van der Waals surface area contributed by atoms with Gasteiger partial charge in [0, 0.05) is 12.1 Å². The van der Waals surface area contributed by atoms with E-state index in [1.807, 2.05) is 68.4 Å². The molecule has 1 amide bonds. The third-order valence-corrected chi connectivity index (χ3v) is 4.98. The van der Waals surface area contributed by atoms with Crippen LogP contribution in [0, 0.1) is 6.92 Å². The van der Waals surface area contributed by atoms with Gasteiger partial charge in [0.05, 0.1) is 11.6 Å². The average molecular weight is 378 g/mol. The minimum absolute atomic E-state index is 0.123. The predicted molar refractivity (Wildman–Crippen MR) is 110 cm³/mol. The Morgan fingerprint density at radius 2 is 1.68 bits per heavy atom. The van der Waals surface area contributed by atoms with Gasteiger partial charge in [0.2, 0.25) is 0 Å². The van der Waals surface area contributed by atoms with E-state index in [0.717, 1.165) is 24.1 Å². The maximum Gasteiger partial charge on any atom is 0.295 e. The lowest BCUT2D eigenvalue weighted by molar-refractivity contribution is -0.139. The quantitative estimate of drug-likeness (QED) is 0.476. The minimum Gasteiger partial charge on any atom is -0.507 e. The van der Waals surface area contributed by atoms with Gasteiger partial charge in [-0.2, -0.15) is 0 Å². The van der Waals surface area contributed by atoms with Crippen LogP contribution in [0.5, 0.6) is 0 Å². The summed E-state index contributed by atoms with van der Waals surface area (Å²) in [5, 5.41) is 10.9. The van der Waals surface area contributed by atoms with Crippen LogP contribution in [0.4, 0.5) is 0 Å². The molecule has 5 heteroatoms. The summed E-state index contributed by atoms with van der Waals surface area (Å²) in [6.45, 7) is 3.22. The molecule has 146 valence electrons. The van der Waals surface area contributed by atoms with Gasteiger partial charge in [-0.05, 0) is 39.5 Å². The topological polar surface area (TPSA) is 60.9 Å². The highest BCUT2D eigenvalue weighted by atomic mass is 16.3. The van der Waals surface area contributed by atoms with Gasteiger partial charge in [-0.25, -0.2) is 0 Å². The second kappa shape index (κ2) is 8.40. The largest absolute Gasteiger partial charge is 0.507 e. The molecule has 3 rings (SSSR count). The molecule has 1 fully saturated rings. The van der Waals surface area contributed by atoms with E-state index < -0.39 is 17.7 Å². The zero-order valence-corrected chi connectivity index (χ0v) is 16.6. The molecule has 0 bridgehead atoms. The third kappa shape index (κ3) is 3.99. The third-order valence-electron chi connectivity index (χ3n) is 4.98. The van der Waals surface area contributed by atoms with Crippen molar-refractivity contribution in [3.05, 3.63) is 76.9 Å². The fourth-order valence-electron chi connectivity index (χ4n) is 3.52. The average Bonchev–Trinajstić information content (AvgIpc) is 2.93. The number of amides is 1. The van der Waals surface area contributed by atoms with Gasteiger partial charge < -0.3 is 14.9 Å². The highest BCUT2D eigenvalue weighted by molar-refractivity contribution is 6.46. The number of hydrogen-bond acceptors (Lipinski definition) is 4. The van der Waals surface area contributed by atoms with Crippen molar-refractivity contribution < 1.29 is 14.7 Å². The Morgan fingerprint density at radius 1 is 1.04 bits per heavy atom. The standard InChI is InChI=1S/C23H26N2O3/c1-16-10-12-18(13-11-16)21(26)19-20(17-8-5-4-6-9-17)25(23(28)22(19)27)15-7-14-24(2)3/h4-6,8-13,20,26H,7,14-15H2,1-3H3/t20-/m1/s1. The molecule has 0 radical (unpaired) electrons. The second-order valence-electron chi connectivity index (χ2n) is 7.43. The van der Waals surface area contributed by atoms with Gasteiger partial charge in [0.1, 0.15) is 5.76 Å². The van der Waals surface area contributed by atoms with Gasteiger partial charge in [0.15, 0.2) is 0 Å². The van der Waals surface area contributed by atoms with E-state index in [1.54, 1.807) is 17.0 Å². The summed E-state index contributed by atoms with van der Waals surface area (Å²) in [7, 11) is 3.94. The van der Waals surface area contributed by atoms with Crippen LogP contribution in [0.1, 0.15) is 29.2 Å². The molecule has 1 N–H and O–H groups in total. The molecule has 1 aliphatic heterocycles.